The molecule has 0 atom stereocenters. The fourth-order valence-electron chi connectivity index (χ4n) is 0.528. The highest BCUT2D eigenvalue weighted by Crippen LogP contribution is 2.04. The monoisotopic (exact) mass is 140 g/mol. The molecule has 0 fully saturated rings. The van der Waals surface area contributed by atoms with Crippen molar-refractivity contribution in [2.24, 2.45) is 0 Å². The minimum absolute atomic E-state index is 0.225. The highest BCUT2D eigenvalue weighted by atomic mass is 19.3. The van der Waals surface area contributed by atoms with Crippen molar-refractivity contribution in [3.8, 4) is 0 Å². The van der Waals surface area contributed by atoms with Crippen LogP contribution < -0.4 is 0 Å². The zero-order valence-electron chi connectivity index (χ0n) is 5.01. The van der Waals surface area contributed by atoms with Gasteiger partial charge in [-0.25, -0.2) is 0 Å². The normalized spacial score (nSPS) is 9.00. The molecule has 0 spiro atoms. The van der Waals surface area contributed by atoms with Crippen LogP contribution in [0, 0.1) is 6.07 Å². The minimum Gasteiger partial charge on any atom is -0.257 e. The van der Waals surface area contributed by atoms with Gasteiger partial charge in [0.2, 0.25) is 0 Å². The van der Waals surface area contributed by atoms with Crippen LogP contribution in [0.5, 0.6) is 0 Å². The lowest BCUT2D eigenvalue weighted by molar-refractivity contribution is 0.429. The summed E-state index contributed by atoms with van der Waals surface area (Å²) in [5.74, 6) is 0. The molecule has 0 N–H and O–H groups in total. The van der Waals surface area contributed by atoms with Crippen LogP contribution in [0.2, 0.25) is 0 Å². The second-order valence-corrected chi connectivity index (χ2v) is 1.61. The summed E-state index contributed by atoms with van der Waals surface area (Å²) in [6, 6.07) is 5.56. The van der Waals surface area contributed by atoms with E-state index in [1.54, 1.807) is 6.07 Å². The molecule has 10 heavy (non-hydrogen) atoms. The number of pyridine rings is 1. The van der Waals surface area contributed by atoms with Gasteiger partial charge in [0, 0.05) is 12.3 Å². The molecular formula is C7H4F2N. The molecule has 1 aromatic heterocycles. The van der Waals surface area contributed by atoms with Crippen LogP contribution in [0.1, 0.15) is 5.69 Å². The molecular weight excluding hydrogens is 136 g/mol. The van der Waals surface area contributed by atoms with Crippen LogP contribution >= 0.6 is 0 Å². The average molecular weight is 140 g/mol. The van der Waals surface area contributed by atoms with Crippen LogP contribution in [-0.4, -0.2) is 4.98 Å². The van der Waals surface area contributed by atoms with E-state index in [0.717, 1.165) is 0 Å². The molecule has 0 aliphatic rings. The summed E-state index contributed by atoms with van der Waals surface area (Å²) in [6.45, 7) is 0. The largest absolute Gasteiger partial charge is 0.272 e. The topological polar surface area (TPSA) is 12.9 Å². The van der Waals surface area contributed by atoms with Gasteiger partial charge in [-0.2, -0.15) is 8.78 Å². The molecule has 0 bridgehead atoms. The number of hydrogen-bond donors (Lipinski definition) is 0. The molecule has 0 aliphatic heterocycles. The summed E-state index contributed by atoms with van der Waals surface area (Å²) in [5, 5.41) is 0. The molecule has 1 radical (unpaired) electrons. The first-order valence-corrected chi connectivity index (χ1v) is 2.64. The SMILES string of the molecule is FC(F)=Cc1c[c]ccn1. The van der Waals surface area contributed by atoms with Crippen LogP contribution in [-0.2, 0) is 0 Å². The number of hydrogen-bond acceptors (Lipinski definition) is 1. The molecule has 0 aliphatic carbocycles. The first-order chi connectivity index (χ1) is 4.79. The highest BCUT2D eigenvalue weighted by Gasteiger charge is 1.90. The van der Waals surface area contributed by atoms with E-state index in [2.05, 4.69) is 11.1 Å². The summed E-state index contributed by atoms with van der Waals surface area (Å²) >= 11 is 0. The second-order valence-electron chi connectivity index (χ2n) is 1.61. The third-order valence-electron chi connectivity index (χ3n) is 0.883. The number of nitrogens with zero attached hydrogens (tertiary/aromatic N) is 1. The maximum Gasteiger partial charge on any atom is 0.272 e. The van der Waals surface area contributed by atoms with Crippen molar-refractivity contribution in [2.45, 2.75) is 0 Å². The van der Waals surface area contributed by atoms with Gasteiger partial charge in [-0.1, -0.05) is 0 Å². The van der Waals surface area contributed by atoms with E-state index in [9.17, 15) is 8.78 Å². The first-order valence-electron chi connectivity index (χ1n) is 2.64. The van der Waals surface area contributed by atoms with E-state index in [1.807, 2.05) is 0 Å². The predicted molar refractivity (Wildman–Crippen MR) is 33.3 cm³/mol. The Hall–Kier alpha value is -1.25. The molecule has 1 rings (SSSR count). The summed E-state index contributed by atoms with van der Waals surface area (Å²) < 4.78 is 23.1. The lowest BCUT2D eigenvalue weighted by atomic mass is 10.3. The van der Waals surface area contributed by atoms with Gasteiger partial charge in [-0.05, 0) is 18.2 Å². The fourth-order valence-corrected chi connectivity index (χ4v) is 0.528. The standard InChI is InChI=1S/C7H4F2N/c8-7(9)5-6-3-1-2-4-10-6/h2-5H. The van der Waals surface area contributed by atoms with Crippen molar-refractivity contribution in [3.05, 3.63) is 36.2 Å². The molecule has 1 aromatic rings. The lowest BCUT2D eigenvalue weighted by Crippen LogP contribution is -1.76. The fraction of sp³-hybridized carbons (Fsp3) is 0. The average Bonchev–Trinajstić information content (AvgIpc) is 1.88. The maximum absolute atomic E-state index is 11.5. The van der Waals surface area contributed by atoms with Crippen molar-refractivity contribution in [1.82, 2.24) is 4.98 Å². The third kappa shape index (κ3) is 1.93. The lowest BCUT2D eigenvalue weighted by Gasteiger charge is -1.86. The Balaban J connectivity index is 2.87. The molecule has 1 heterocycles. The Bertz CT molecular complexity index is 227. The molecule has 0 unspecified atom stereocenters. The Labute approximate surface area is 57.0 Å². The smallest absolute Gasteiger partial charge is 0.257 e. The van der Waals surface area contributed by atoms with Crippen LogP contribution in [0.15, 0.2) is 24.4 Å². The Morgan fingerprint density at radius 2 is 2.40 bits per heavy atom. The summed E-state index contributed by atoms with van der Waals surface area (Å²) in [7, 11) is 0. The molecule has 1 nitrogen and oxygen atoms in total. The van der Waals surface area contributed by atoms with E-state index in [1.165, 1.54) is 12.3 Å². The molecule has 51 valence electrons. The number of aromatic nitrogens is 1. The van der Waals surface area contributed by atoms with Crippen LogP contribution in [0.3, 0.4) is 0 Å². The van der Waals surface area contributed by atoms with E-state index in [-0.39, 0.29) is 5.69 Å². The van der Waals surface area contributed by atoms with E-state index in [0.29, 0.717) is 6.08 Å². The predicted octanol–water partition coefficient (Wildman–Crippen LogP) is 2.12. The van der Waals surface area contributed by atoms with Gasteiger partial charge in [0.1, 0.15) is 0 Å². The zero-order valence-corrected chi connectivity index (χ0v) is 5.01. The van der Waals surface area contributed by atoms with Gasteiger partial charge < -0.3 is 0 Å². The quantitative estimate of drug-likeness (QED) is 0.582. The maximum atomic E-state index is 11.5. The second kappa shape index (κ2) is 3.06. The molecule has 0 saturated heterocycles. The van der Waals surface area contributed by atoms with Crippen molar-refractivity contribution in [1.29, 1.82) is 0 Å². The zero-order chi connectivity index (χ0) is 7.40. The summed E-state index contributed by atoms with van der Waals surface area (Å²) in [6.07, 6.45) is 0.359. The van der Waals surface area contributed by atoms with Crippen molar-refractivity contribution >= 4 is 6.08 Å². The van der Waals surface area contributed by atoms with Crippen molar-refractivity contribution in [2.75, 3.05) is 0 Å². The van der Waals surface area contributed by atoms with E-state index < -0.39 is 6.08 Å². The van der Waals surface area contributed by atoms with Gasteiger partial charge >= 0.3 is 0 Å². The third-order valence-corrected chi connectivity index (χ3v) is 0.883. The van der Waals surface area contributed by atoms with E-state index in [4.69, 9.17) is 0 Å². The molecule has 0 aromatic carbocycles. The number of halogens is 2. The Morgan fingerprint density at radius 1 is 1.60 bits per heavy atom. The number of rotatable bonds is 1. The van der Waals surface area contributed by atoms with Crippen LogP contribution in [0.4, 0.5) is 8.78 Å². The summed E-state index contributed by atoms with van der Waals surface area (Å²) in [5.41, 5.74) is 0.225. The van der Waals surface area contributed by atoms with Crippen LogP contribution in [0.25, 0.3) is 6.08 Å². The molecule has 0 saturated carbocycles. The molecule has 0 amide bonds. The Kier molecular flexibility index (Phi) is 2.10. The van der Waals surface area contributed by atoms with Gasteiger partial charge in [0.25, 0.3) is 6.08 Å². The van der Waals surface area contributed by atoms with Crippen molar-refractivity contribution < 1.29 is 8.78 Å². The first kappa shape index (κ1) is 6.86. The van der Waals surface area contributed by atoms with Gasteiger partial charge in [0.15, 0.2) is 0 Å². The molecule has 3 heteroatoms. The minimum atomic E-state index is -1.74. The van der Waals surface area contributed by atoms with Gasteiger partial charge in [0.05, 0.1) is 5.69 Å². The van der Waals surface area contributed by atoms with Gasteiger partial charge in [-0.3, -0.25) is 4.98 Å². The van der Waals surface area contributed by atoms with Gasteiger partial charge in [-0.15, -0.1) is 0 Å². The van der Waals surface area contributed by atoms with Crippen molar-refractivity contribution in [3.63, 3.8) is 0 Å². The van der Waals surface area contributed by atoms with E-state index >= 15 is 0 Å². The highest BCUT2D eigenvalue weighted by molar-refractivity contribution is 5.43. The summed E-state index contributed by atoms with van der Waals surface area (Å²) in [4.78, 5) is 3.63. The Morgan fingerprint density at radius 3 is 2.90 bits per heavy atom.